The SMILES string of the molecule is CC(CCCCC(=O)c1ccc2ccccc2c1)CC(=O)NO.CC(CCCCC(=O)c1ccc2ccccc2c1)CC(=O)Nc1ccccc1N.CCOC(=O)/C=C(/C)OS(=O)(=O)C(F)(F)F.CCOC(=O)CC(C)=O. The topological polar surface area (TPSA) is 252 Å². The second-order valence-corrected chi connectivity index (χ2v) is 19.5. The van der Waals surface area contributed by atoms with E-state index in [-0.39, 0.29) is 54.0 Å². The lowest BCUT2D eigenvalue weighted by atomic mass is 9.97. The third-order valence-corrected chi connectivity index (χ3v) is 12.2. The first-order valence-electron chi connectivity index (χ1n) is 25.0. The van der Waals surface area contributed by atoms with Gasteiger partial charge in [0.25, 0.3) is 0 Å². The number of allylic oxidation sites excluding steroid dienone is 1. The van der Waals surface area contributed by atoms with E-state index >= 15 is 0 Å². The highest BCUT2D eigenvalue weighted by Crippen LogP contribution is 2.27. The number of rotatable bonds is 24. The van der Waals surface area contributed by atoms with Gasteiger partial charge in [-0.25, -0.2) is 10.3 Å². The number of hydrogen-bond donors (Lipinski definition) is 4. The second kappa shape index (κ2) is 34.3. The number of nitrogens with one attached hydrogen (secondary N) is 2. The molecule has 0 aromatic heterocycles. The molecule has 5 aromatic carbocycles. The molecule has 0 aliphatic rings. The van der Waals surface area contributed by atoms with Gasteiger partial charge in [-0.2, -0.15) is 21.6 Å². The van der Waals surface area contributed by atoms with E-state index in [2.05, 4.69) is 25.9 Å². The van der Waals surface area contributed by atoms with Crippen LogP contribution in [0.3, 0.4) is 0 Å². The maximum Gasteiger partial charge on any atom is 0.534 e. The van der Waals surface area contributed by atoms with E-state index in [4.69, 9.17) is 10.9 Å². The van der Waals surface area contributed by atoms with Crippen molar-refractivity contribution in [2.45, 2.75) is 118 Å². The van der Waals surface area contributed by atoms with Gasteiger partial charge in [0.05, 0.1) is 30.7 Å². The number of alkyl halides is 3. The number of nitrogens with two attached hydrogens (primary N) is 1. The number of amides is 2. The molecule has 0 fully saturated rings. The number of Topliss-reactive ketones (excluding diaryl/α,β-unsaturated/α-hetero) is 3. The van der Waals surface area contributed by atoms with Crippen LogP contribution in [0.15, 0.2) is 121 Å². The number of ketones is 3. The minimum Gasteiger partial charge on any atom is -0.466 e. The number of hydrogen-bond acceptors (Lipinski definition) is 14. The lowest BCUT2D eigenvalue weighted by Crippen LogP contribution is -2.25. The Labute approximate surface area is 448 Å². The van der Waals surface area contributed by atoms with Gasteiger partial charge < -0.3 is 24.7 Å². The average molecular weight is 1090 g/mol. The van der Waals surface area contributed by atoms with Crippen LogP contribution in [0, 0.1) is 11.8 Å². The predicted octanol–water partition coefficient (Wildman–Crippen LogP) is 11.8. The smallest absolute Gasteiger partial charge is 0.466 e. The van der Waals surface area contributed by atoms with Gasteiger partial charge in [0.2, 0.25) is 11.8 Å². The summed E-state index contributed by atoms with van der Waals surface area (Å²) in [5.74, 6) is -1.88. The van der Waals surface area contributed by atoms with Crippen molar-refractivity contribution >= 4 is 84.1 Å². The van der Waals surface area contributed by atoms with Crippen LogP contribution in [0.1, 0.15) is 133 Å². The molecule has 0 aliphatic carbocycles. The molecular formula is C57H70F3N3O13S. The third kappa shape index (κ3) is 26.2. The van der Waals surface area contributed by atoms with Crippen molar-refractivity contribution in [1.29, 1.82) is 0 Å². The van der Waals surface area contributed by atoms with Crippen molar-refractivity contribution in [3.63, 3.8) is 0 Å². The molecule has 16 nitrogen and oxygen atoms in total. The molecule has 2 atom stereocenters. The number of carbonyl (C=O) groups is 7. The van der Waals surface area contributed by atoms with Crippen molar-refractivity contribution < 1.29 is 74.0 Å². The first-order chi connectivity index (χ1) is 36.4. The van der Waals surface area contributed by atoms with Crippen LogP contribution in [0.25, 0.3) is 21.5 Å². The number of para-hydroxylation sites is 2. The first kappa shape index (κ1) is 65.7. The quantitative estimate of drug-likeness (QED) is 0.00383. The normalized spacial score (nSPS) is 11.9. The molecule has 418 valence electrons. The highest BCUT2D eigenvalue weighted by molar-refractivity contribution is 7.87. The zero-order chi connectivity index (χ0) is 57.6. The van der Waals surface area contributed by atoms with Gasteiger partial charge in [0.1, 0.15) is 18.0 Å². The monoisotopic (exact) mass is 1090 g/mol. The van der Waals surface area contributed by atoms with E-state index in [9.17, 15) is 55.2 Å². The van der Waals surface area contributed by atoms with E-state index in [0.717, 1.165) is 78.1 Å². The van der Waals surface area contributed by atoms with Crippen LogP contribution in [-0.4, -0.2) is 73.4 Å². The van der Waals surface area contributed by atoms with Crippen LogP contribution in [0.5, 0.6) is 0 Å². The zero-order valence-corrected chi connectivity index (χ0v) is 45.1. The summed E-state index contributed by atoms with van der Waals surface area (Å²) in [6.07, 6.45) is 7.51. The Balaban J connectivity index is 0.000000378. The molecule has 5 rings (SSSR count). The summed E-state index contributed by atoms with van der Waals surface area (Å²) in [7, 11) is -5.73. The molecule has 5 aromatic rings. The molecule has 5 N–H and O–H groups in total. The number of esters is 2. The summed E-state index contributed by atoms with van der Waals surface area (Å²) in [6.45, 7) is 9.82. The number of carbonyl (C=O) groups excluding carboxylic acids is 7. The Morgan fingerprint density at radius 3 is 1.55 bits per heavy atom. The molecule has 0 aliphatic heterocycles. The predicted molar refractivity (Wildman–Crippen MR) is 289 cm³/mol. The van der Waals surface area contributed by atoms with Crippen LogP contribution in [-0.2, 0) is 47.7 Å². The number of anilines is 2. The van der Waals surface area contributed by atoms with E-state index in [1.54, 1.807) is 24.5 Å². The van der Waals surface area contributed by atoms with Crippen LogP contribution in [0.2, 0.25) is 0 Å². The maximum atomic E-state index is 12.5. The maximum absolute atomic E-state index is 12.5. The standard InChI is InChI=1S/C25H28N2O2.C19H23NO3.C7H9F3O5S.C6H10O3/c1-18(16-25(29)27-23-12-6-5-11-22(23)26)8-2-7-13-24(28)21-15-14-19-9-3-4-10-20(19)17-21;1-14(12-19(22)20-23)6-2-5-9-18(21)17-11-10-15-7-3-4-8-16(15)13-17;1-3-14-6(11)4-5(2)15-16(12,13)7(8,9)10;1-3-9-6(8)4-5(2)7/h3-6,9-12,14-15,17-18H,2,7-8,13,16,26H2,1H3,(H,27,29);3-4,7-8,10-11,13-14,23H,2,5-6,9,12H2,1H3,(H,20,22);4H,3H2,1-2H3;3-4H2,1-2H3/b;;5-4-;. The lowest BCUT2D eigenvalue weighted by Gasteiger charge is -2.12. The van der Waals surface area contributed by atoms with Crippen molar-refractivity contribution in [2.24, 2.45) is 11.8 Å². The number of nitrogen functional groups attached to an aromatic ring is 1. The van der Waals surface area contributed by atoms with Gasteiger partial charge in [-0.15, -0.1) is 0 Å². The molecule has 2 amide bonds. The molecule has 0 spiro atoms. The van der Waals surface area contributed by atoms with Crippen LogP contribution < -0.4 is 16.5 Å². The van der Waals surface area contributed by atoms with Crippen molar-refractivity contribution in [3.05, 3.63) is 132 Å². The number of hydroxylamine groups is 1. The van der Waals surface area contributed by atoms with Gasteiger partial charge in [-0.3, -0.25) is 34.0 Å². The summed E-state index contributed by atoms with van der Waals surface area (Å²) >= 11 is 0. The summed E-state index contributed by atoms with van der Waals surface area (Å²) in [5, 5.41) is 15.8. The van der Waals surface area contributed by atoms with Crippen LogP contribution in [0.4, 0.5) is 24.5 Å². The summed E-state index contributed by atoms with van der Waals surface area (Å²) in [4.78, 5) is 79.3. The average Bonchev–Trinajstić information content (AvgIpc) is 3.36. The Bertz CT molecular complexity index is 2890. The first-order valence-corrected chi connectivity index (χ1v) is 26.4. The summed E-state index contributed by atoms with van der Waals surface area (Å²) in [6, 6.07) is 35.0. The fourth-order valence-electron chi connectivity index (χ4n) is 7.28. The summed E-state index contributed by atoms with van der Waals surface area (Å²) < 4.78 is 68.9. The molecule has 0 radical (unpaired) electrons. The molecular weight excluding hydrogens is 1020 g/mol. The van der Waals surface area contributed by atoms with Gasteiger partial charge in [-0.05, 0) is 98.2 Å². The Morgan fingerprint density at radius 1 is 0.649 bits per heavy atom. The largest absolute Gasteiger partial charge is 0.534 e. The minimum absolute atomic E-state index is 0.00857. The molecule has 0 bridgehead atoms. The van der Waals surface area contributed by atoms with E-state index < -0.39 is 33.3 Å². The Hall–Kier alpha value is -7.45. The molecule has 2 unspecified atom stereocenters. The number of ether oxygens (including phenoxy) is 2. The number of unbranched alkanes of at least 4 members (excludes halogenated alkanes) is 2. The molecule has 77 heavy (non-hydrogen) atoms. The lowest BCUT2D eigenvalue weighted by molar-refractivity contribution is -0.145. The molecule has 20 heteroatoms. The van der Waals surface area contributed by atoms with Gasteiger partial charge >= 0.3 is 27.6 Å². The summed E-state index contributed by atoms with van der Waals surface area (Å²) in [5.41, 5.74) is 4.74. The van der Waals surface area contributed by atoms with Gasteiger partial charge in [-0.1, -0.05) is 124 Å². The fraction of sp³-hybridized carbons (Fsp3) is 0.386. The van der Waals surface area contributed by atoms with Crippen molar-refractivity contribution in [3.8, 4) is 0 Å². The number of benzene rings is 5. The minimum atomic E-state index is -5.73. The fourth-order valence-corrected chi connectivity index (χ4v) is 7.76. The number of halogens is 3. The third-order valence-electron chi connectivity index (χ3n) is 11.1. The zero-order valence-electron chi connectivity index (χ0n) is 44.3. The van der Waals surface area contributed by atoms with Crippen molar-refractivity contribution in [2.75, 3.05) is 24.3 Å². The molecule has 0 saturated heterocycles. The molecule has 0 heterocycles. The van der Waals surface area contributed by atoms with E-state index in [1.165, 1.54) is 13.8 Å². The second-order valence-electron chi connectivity index (χ2n) is 17.9. The van der Waals surface area contributed by atoms with E-state index in [1.807, 2.05) is 104 Å². The Kier molecular flexibility index (Phi) is 29.2. The Morgan fingerprint density at radius 2 is 1.10 bits per heavy atom. The number of fused-ring (bicyclic) bond motifs is 2. The van der Waals surface area contributed by atoms with Gasteiger partial charge in [0, 0.05) is 36.8 Å². The van der Waals surface area contributed by atoms with Crippen LogP contribution >= 0.6 is 0 Å². The van der Waals surface area contributed by atoms with Crippen molar-refractivity contribution in [1.82, 2.24) is 5.48 Å². The highest BCUT2D eigenvalue weighted by Gasteiger charge is 2.48. The van der Waals surface area contributed by atoms with E-state index in [0.29, 0.717) is 49.7 Å². The van der Waals surface area contributed by atoms with Gasteiger partial charge in [0.15, 0.2) is 11.6 Å². The molecule has 0 saturated carbocycles. The highest BCUT2D eigenvalue weighted by atomic mass is 32.2.